The summed E-state index contributed by atoms with van der Waals surface area (Å²) in [6, 6.07) is 5.52. The van der Waals surface area contributed by atoms with Crippen molar-refractivity contribution in [2.75, 3.05) is 13.2 Å². The van der Waals surface area contributed by atoms with Gasteiger partial charge in [-0.15, -0.1) is 0 Å². The van der Waals surface area contributed by atoms with Crippen molar-refractivity contribution in [1.29, 1.82) is 0 Å². The van der Waals surface area contributed by atoms with Gasteiger partial charge < -0.3 is 15.2 Å². The Morgan fingerprint density at radius 2 is 1.93 bits per heavy atom. The van der Waals surface area contributed by atoms with Crippen LogP contribution in [0.4, 0.5) is 0 Å². The largest absolute Gasteiger partial charge is 0.490 e. The molecule has 0 saturated carbocycles. The molecular formula is C11H15NO2S. The normalized spacial score (nSPS) is 9.73. The van der Waals surface area contributed by atoms with Gasteiger partial charge in [0.15, 0.2) is 11.5 Å². The van der Waals surface area contributed by atoms with Crippen molar-refractivity contribution in [3.63, 3.8) is 0 Å². The van der Waals surface area contributed by atoms with Gasteiger partial charge in [0, 0.05) is 0 Å². The molecule has 0 radical (unpaired) electrons. The van der Waals surface area contributed by atoms with E-state index in [4.69, 9.17) is 27.4 Å². The van der Waals surface area contributed by atoms with E-state index in [1.165, 1.54) is 0 Å². The predicted octanol–water partition coefficient (Wildman–Crippen LogP) is 2.12. The topological polar surface area (TPSA) is 44.5 Å². The van der Waals surface area contributed by atoms with Gasteiger partial charge in [-0.1, -0.05) is 18.3 Å². The van der Waals surface area contributed by atoms with Crippen molar-refractivity contribution in [2.24, 2.45) is 5.73 Å². The molecule has 2 N–H and O–H groups in total. The molecule has 0 heterocycles. The summed E-state index contributed by atoms with van der Waals surface area (Å²) >= 11 is 4.95. The van der Waals surface area contributed by atoms with Crippen LogP contribution in [-0.4, -0.2) is 18.2 Å². The highest BCUT2D eigenvalue weighted by Crippen LogP contribution is 2.31. The van der Waals surface area contributed by atoms with Crippen LogP contribution in [0, 0.1) is 0 Å². The predicted molar refractivity (Wildman–Crippen MR) is 64.7 cm³/mol. The van der Waals surface area contributed by atoms with E-state index < -0.39 is 0 Å². The average Bonchev–Trinajstić information content (AvgIpc) is 2.21. The van der Waals surface area contributed by atoms with E-state index in [2.05, 4.69) is 0 Å². The van der Waals surface area contributed by atoms with Gasteiger partial charge in [-0.2, -0.15) is 0 Å². The van der Waals surface area contributed by atoms with Gasteiger partial charge in [0.05, 0.1) is 18.8 Å². The molecule has 0 aliphatic carbocycles. The summed E-state index contributed by atoms with van der Waals surface area (Å²) in [6.45, 7) is 4.97. The fourth-order valence-corrected chi connectivity index (χ4v) is 1.43. The van der Waals surface area contributed by atoms with E-state index in [-0.39, 0.29) is 0 Å². The zero-order valence-electron chi connectivity index (χ0n) is 8.95. The van der Waals surface area contributed by atoms with Crippen molar-refractivity contribution in [3.05, 3.63) is 23.8 Å². The second-order valence-electron chi connectivity index (χ2n) is 2.86. The number of benzene rings is 1. The Hall–Kier alpha value is -1.29. The van der Waals surface area contributed by atoms with Crippen molar-refractivity contribution >= 4 is 17.2 Å². The standard InChI is InChI=1S/C11H15NO2S/c1-3-13-9-7-5-6-8(11(12)15)10(9)14-4-2/h5-7H,3-4H2,1-2H3,(H2,12,15). The highest BCUT2D eigenvalue weighted by Gasteiger charge is 2.11. The lowest BCUT2D eigenvalue weighted by Gasteiger charge is -2.13. The molecule has 0 atom stereocenters. The van der Waals surface area contributed by atoms with Gasteiger partial charge in [0.1, 0.15) is 4.99 Å². The van der Waals surface area contributed by atoms with E-state index in [1.54, 1.807) is 0 Å². The number of hydrogen-bond acceptors (Lipinski definition) is 3. The van der Waals surface area contributed by atoms with Crippen LogP contribution < -0.4 is 15.2 Å². The first-order chi connectivity index (χ1) is 7.20. The van der Waals surface area contributed by atoms with Crippen molar-refractivity contribution in [3.8, 4) is 11.5 Å². The quantitative estimate of drug-likeness (QED) is 0.780. The van der Waals surface area contributed by atoms with Crippen LogP contribution in [0.2, 0.25) is 0 Å². The Labute approximate surface area is 95.2 Å². The lowest BCUT2D eigenvalue weighted by atomic mass is 10.2. The summed E-state index contributed by atoms with van der Waals surface area (Å²) in [5.41, 5.74) is 6.33. The molecule has 0 unspecified atom stereocenters. The number of para-hydroxylation sites is 1. The van der Waals surface area contributed by atoms with Crippen molar-refractivity contribution in [2.45, 2.75) is 13.8 Å². The van der Waals surface area contributed by atoms with E-state index in [0.717, 1.165) is 5.56 Å². The maximum Gasteiger partial charge on any atom is 0.171 e. The molecule has 0 aliphatic heterocycles. The zero-order chi connectivity index (χ0) is 11.3. The average molecular weight is 225 g/mol. The Morgan fingerprint density at radius 1 is 1.27 bits per heavy atom. The minimum absolute atomic E-state index is 0.319. The molecule has 1 aromatic rings. The smallest absolute Gasteiger partial charge is 0.171 e. The minimum atomic E-state index is 0.319. The van der Waals surface area contributed by atoms with E-state index >= 15 is 0 Å². The molecule has 15 heavy (non-hydrogen) atoms. The third kappa shape index (κ3) is 2.83. The minimum Gasteiger partial charge on any atom is -0.490 e. The summed E-state index contributed by atoms with van der Waals surface area (Å²) in [5, 5.41) is 0. The Kier molecular flexibility index (Phi) is 4.37. The zero-order valence-corrected chi connectivity index (χ0v) is 9.76. The second kappa shape index (κ2) is 5.56. The molecule has 1 aromatic carbocycles. The maximum absolute atomic E-state index is 5.61. The first kappa shape index (κ1) is 11.8. The summed E-state index contributed by atoms with van der Waals surface area (Å²) in [4.78, 5) is 0.319. The van der Waals surface area contributed by atoms with Crippen LogP contribution in [0.5, 0.6) is 11.5 Å². The number of rotatable bonds is 5. The molecule has 3 nitrogen and oxygen atoms in total. The molecule has 0 spiro atoms. The van der Waals surface area contributed by atoms with Gasteiger partial charge in [-0.25, -0.2) is 0 Å². The Morgan fingerprint density at radius 3 is 2.47 bits per heavy atom. The van der Waals surface area contributed by atoms with Crippen LogP contribution in [0.15, 0.2) is 18.2 Å². The number of nitrogens with two attached hydrogens (primary N) is 1. The van der Waals surface area contributed by atoms with Gasteiger partial charge in [-0.3, -0.25) is 0 Å². The van der Waals surface area contributed by atoms with E-state index in [1.807, 2.05) is 32.0 Å². The monoisotopic (exact) mass is 225 g/mol. The molecule has 4 heteroatoms. The molecule has 0 aromatic heterocycles. The maximum atomic E-state index is 5.61. The second-order valence-corrected chi connectivity index (χ2v) is 3.30. The van der Waals surface area contributed by atoms with Crippen LogP contribution in [0.25, 0.3) is 0 Å². The summed E-state index contributed by atoms with van der Waals surface area (Å²) in [6.07, 6.45) is 0. The highest BCUT2D eigenvalue weighted by atomic mass is 32.1. The fraction of sp³-hybridized carbons (Fsp3) is 0.364. The summed E-state index contributed by atoms with van der Waals surface area (Å²) in [7, 11) is 0. The SMILES string of the molecule is CCOc1cccc(C(N)=S)c1OCC. The molecule has 0 fully saturated rings. The van der Waals surface area contributed by atoms with Gasteiger partial charge in [0.2, 0.25) is 0 Å². The van der Waals surface area contributed by atoms with Gasteiger partial charge >= 0.3 is 0 Å². The van der Waals surface area contributed by atoms with Gasteiger partial charge in [0.25, 0.3) is 0 Å². The lowest BCUT2D eigenvalue weighted by Crippen LogP contribution is -2.12. The molecule has 0 amide bonds. The molecule has 0 bridgehead atoms. The summed E-state index contributed by atoms with van der Waals surface area (Å²) < 4.78 is 10.9. The first-order valence-corrected chi connectivity index (χ1v) is 5.29. The molecule has 1 rings (SSSR count). The number of thiocarbonyl (C=S) groups is 1. The Balaban J connectivity index is 3.15. The van der Waals surface area contributed by atoms with E-state index in [0.29, 0.717) is 29.7 Å². The molecular weight excluding hydrogens is 210 g/mol. The summed E-state index contributed by atoms with van der Waals surface area (Å²) in [5.74, 6) is 1.32. The number of hydrogen-bond donors (Lipinski definition) is 1. The van der Waals surface area contributed by atoms with Crippen LogP contribution >= 0.6 is 12.2 Å². The fourth-order valence-electron chi connectivity index (χ4n) is 1.27. The van der Waals surface area contributed by atoms with Crippen molar-refractivity contribution in [1.82, 2.24) is 0 Å². The van der Waals surface area contributed by atoms with E-state index in [9.17, 15) is 0 Å². The third-order valence-electron chi connectivity index (χ3n) is 1.83. The van der Waals surface area contributed by atoms with Crippen LogP contribution in [0.1, 0.15) is 19.4 Å². The first-order valence-electron chi connectivity index (χ1n) is 4.89. The number of ether oxygens (including phenoxy) is 2. The highest BCUT2D eigenvalue weighted by molar-refractivity contribution is 7.80. The van der Waals surface area contributed by atoms with Crippen molar-refractivity contribution < 1.29 is 9.47 Å². The molecule has 0 saturated heterocycles. The third-order valence-corrected chi connectivity index (χ3v) is 2.05. The van der Waals surface area contributed by atoms with Gasteiger partial charge in [-0.05, 0) is 26.0 Å². The molecule has 0 aliphatic rings. The molecule has 82 valence electrons. The lowest BCUT2D eigenvalue weighted by molar-refractivity contribution is 0.287. The Bertz CT molecular complexity index is 352. The van der Waals surface area contributed by atoms with Crippen LogP contribution in [0.3, 0.4) is 0 Å². The van der Waals surface area contributed by atoms with Crippen LogP contribution in [-0.2, 0) is 0 Å².